The number of carbonyl (C=O) groups is 2. The van der Waals surface area contributed by atoms with Gasteiger partial charge in [0, 0.05) is 0 Å². The standard InChI is InChI=1S/C21H16Cl2N2O6/c1-29-12-7-8-18(30-2)14(9-12)17(26)11-31-21(28)13-5-3-4-6-16(13)25-20(27)19(23)15(22)10-24-25/h3-10H,11H2,1-2H3. The zero-order valence-electron chi connectivity index (χ0n) is 16.4. The number of esters is 1. The van der Waals surface area contributed by atoms with Crippen molar-refractivity contribution in [3.63, 3.8) is 0 Å². The molecular formula is C21H16Cl2N2O6. The van der Waals surface area contributed by atoms with Gasteiger partial charge in [-0.3, -0.25) is 9.59 Å². The van der Waals surface area contributed by atoms with Gasteiger partial charge >= 0.3 is 5.97 Å². The van der Waals surface area contributed by atoms with Gasteiger partial charge in [0.05, 0.1) is 42.3 Å². The zero-order chi connectivity index (χ0) is 22.5. The van der Waals surface area contributed by atoms with Crippen LogP contribution in [-0.2, 0) is 4.74 Å². The Hall–Kier alpha value is -3.36. The summed E-state index contributed by atoms with van der Waals surface area (Å²) in [5, 5.41) is 3.67. The predicted octanol–water partition coefficient (Wildman–Crippen LogP) is 3.60. The van der Waals surface area contributed by atoms with Gasteiger partial charge in [0.2, 0.25) is 5.78 Å². The van der Waals surface area contributed by atoms with Gasteiger partial charge < -0.3 is 14.2 Å². The lowest BCUT2D eigenvalue weighted by atomic mass is 10.1. The number of Topliss-reactive ketones (excluding diaryl/α,β-unsaturated/α-hetero) is 1. The van der Waals surface area contributed by atoms with E-state index in [0.717, 1.165) is 4.68 Å². The molecule has 0 bridgehead atoms. The number of hydrogen-bond acceptors (Lipinski definition) is 7. The summed E-state index contributed by atoms with van der Waals surface area (Å²) in [6.07, 6.45) is 1.19. The lowest BCUT2D eigenvalue weighted by Gasteiger charge is -2.12. The summed E-state index contributed by atoms with van der Waals surface area (Å²) in [7, 11) is 2.88. The van der Waals surface area contributed by atoms with Crippen molar-refractivity contribution in [2.24, 2.45) is 0 Å². The van der Waals surface area contributed by atoms with Crippen LogP contribution in [0.4, 0.5) is 0 Å². The topological polar surface area (TPSA) is 96.7 Å². The zero-order valence-corrected chi connectivity index (χ0v) is 17.9. The molecule has 0 saturated heterocycles. The first-order chi connectivity index (χ1) is 14.9. The smallest absolute Gasteiger partial charge is 0.340 e. The molecular weight excluding hydrogens is 447 g/mol. The largest absolute Gasteiger partial charge is 0.497 e. The van der Waals surface area contributed by atoms with Gasteiger partial charge in [-0.1, -0.05) is 35.3 Å². The third kappa shape index (κ3) is 4.70. The molecule has 0 aliphatic carbocycles. The lowest BCUT2D eigenvalue weighted by Crippen LogP contribution is -2.24. The maximum absolute atomic E-state index is 12.7. The van der Waals surface area contributed by atoms with Crippen LogP contribution in [0.5, 0.6) is 11.5 Å². The number of nitrogens with zero attached hydrogens (tertiary/aromatic N) is 2. The van der Waals surface area contributed by atoms with Crippen LogP contribution >= 0.6 is 23.2 Å². The van der Waals surface area contributed by atoms with E-state index in [1.54, 1.807) is 24.3 Å². The molecule has 8 nitrogen and oxygen atoms in total. The molecule has 160 valence electrons. The Morgan fingerprint density at radius 3 is 2.48 bits per heavy atom. The number of benzene rings is 2. The van der Waals surface area contributed by atoms with E-state index in [4.69, 9.17) is 37.4 Å². The number of aromatic nitrogens is 2. The Balaban J connectivity index is 1.86. The third-order valence-corrected chi connectivity index (χ3v) is 5.02. The summed E-state index contributed by atoms with van der Waals surface area (Å²) in [6.45, 7) is -0.555. The van der Waals surface area contributed by atoms with Crippen LogP contribution in [0.2, 0.25) is 10.0 Å². The van der Waals surface area contributed by atoms with E-state index in [9.17, 15) is 14.4 Å². The Labute approximate surface area is 186 Å². The van der Waals surface area contributed by atoms with Crippen LogP contribution in [0.3, 0.4) is 0 Å². The molecule has 0 spiro atoms. The van der Waals surface area contributed by atoms with E-state index in [2.05, 4.69) is 5.10 Å². The number of halogens is 2. The summed E-state index contributed by atoms with van der Waals surface area (Å²) in [5.74, 6) is -0.559. The second kappa shape index (κ2) is 9.63. The molecule has 10 heteroatoms. The van der Waals surface area contributed by atoms with Crippen molar-refractivity contribution in [3.05, 3.63) is 80.2 Å². The van der Waals surface area contributed by atoms with Gasteiger partial charge in [0.1, 0.15) is 16.5 Å². The molecule has 0 amide bonds. The number of para-hydroxylation sites is 1. The Morgan fingerprint density at radius 2 is 1.77 bits per heavy atom. The van der Waals surface area contributed by atoms with Crippen molar-refractivity contribution in [3.8, 4) is 17.2 Å². The first kappa shape index (κ1) is 22.3. The van der Waals surface area contributed by atoms with Gasteiger partial charge in [0.25, 0.3) is 5.56 Å². The quantitative estimate of drug-likeness (QED) is 0.390. The van der Waals surface area contributed by atoms with E-state index in [1.165, 1.54) is 38.6 Å². The highest BCUT2D eigenvalue weighted by Gasteiger charge is 2.20. The van der Waals surface area contributed by atoms with Crippen LogP contribution in [0.15, 0.2) is 53.5 Å². The number of carbonyl (C=O) groups excluding carboxylic acids is 2. The normalized spacial score (nSPS) is 10.5. The Kier molecular flexibility index (Phi) is 6.94. The number of rotatable bonds is 7. The van der Waals surface area contributed by atoms with Gasteiger partial charge in [-0.05, 0) is 30.3 Å². The SMILES string of the molecule is COc1ccc(OC)c(C(=O)COC(=O)c2ccccc2-n2ncc(Cl)c(Cl)c2=O)c1. The average Bonchev–Trinajstić information content (AvgIpc) is 2.80. The molecule has 0 atom stereocenters. The maximum Gasteiger partial charge on any atom is 0.340 e. The predicted molar refractivity (Wildman–Crippen MR) is 114 cm³/mol. The average molecular weight is 463 g/mol. The molecule has 0 saturated carbocycles. The third-order valence-electron chi connectivity index (χ3n) is 4.27. The molecule has 1 heterocycles. The second-order valence-electron chi connectivity index (χ2n) is 6.11. The summed E-state index contributed by atoms with van der Waals surface area (Å²) in [5.41, 5.74) is -0.361. The van der Waals surface area contributed by atoms with E-state index in [1.807, 2.05) is 0 Å². The van der Waals surface area contributed by atoms with Crippen LogP contribution in [0.1, 0.15) is 20.7 Å². The number of methoxy groups -OCH3 is 2. The van der Waals surface area contributed by atoms with E-state index < -0.39 is 23.9 Å². The second-order valence-corrected chi connectivity index (χ2v) is 6.89. The fraction of sp³-hybridized carbons (Fsp3) is 0.143. The number of ether oxygens (including phenoxy) is 3. The summed E-state index contributed by atoms with van der Waals surface area (Å²) >= 11 is 11.7. The summed E-state index contributed by atoms with van der Waals surface area (Å²) in [6, 6.07) is 10.8. The summed E-state index contributed by atoms with van der Waals surface area (Å²) in [4.78, 5) is 37.7. The van der Waals surface area contributed by atoms with Crippen LogP contribution in [0, 0.1) is 0 Å². The highest BCUT2D eigenvalue weighted by atomic mass is 35.5. The van der Waals surface area contributed by atoms with Crippen molar-refractivity contribution in [2.75, 3.05) is 20.8 Å². The van der Waals surface area contributed by atoms with Crippen molar-refractivity contribution in [2.45, 2.75) is 0 Å². The minimum atomic E-state index is -0.828. The minimum Gasteiger partial charge on any atom is -0.497 e. The molecule has 2 aromatic carbocycles. The van der Waals surface area contributed by atoms with Crippen molar-refractivity contribution < 1.29 is 23.8 Å². The first-order valence-electron chi connectivity index (χ1n) is 8.82. The Bertz CT molecular complexity index is 1210. The molecule has 0 unspecified atom stereocenters. The van der Waals surface area contributed by atoms with E-state index in [-0.39, 0.29) is 26.9 Å². The molecule has 0 radical (unpaired) electrons. The van der Waals surface area contributed by atoms with Gasteiger partial charge in [-0.2, -0.15) is 9.78 Å². The van der Waals surface area contributed by atoms with Gasteiger partial charge in [-0.25, -0.2) is 4.79 Å². The van der Waals surface area contributed by atoms with Crippen LogP contribution in [-0.4, -0.2) is 42.4 Å². The van der Waals surface area contributed by atoms with E-state index in [0.29, 0.717) is 11.5 Å². The van der Waals surface area contributed by atoms with Gasteiger partial charge in [0.15, 0.2) is 6.61 Å². The van der Waals surface area contributed by atoms with Crippen molar-refractivity contribution in [1.29, 1.82) is 0 Å². The van der Waals surface area contributed by atoms with E-state index >= 15 is 0 Å². The fourth-order valence-corrected chi connectivity index (χ4v) is 2.99. The Morgan fingerprint density at radius 1 is 1.03 bits per heavy atom. The number of ketones is 1. The van der Waals surface area contributed by atoms with Gasteiger partial charge in [-0.15, -0.1) is 0 Å². The molecule has 1 aromatic heterocycles. The monoisotopic (exact) mass is 462 g/mol. The van der Waals surface area contributed by atoms with Crippen LogP contribution < -0.4 is 15.0 Å². The van der Waals surface area contributed by atoms with Crippen LogP contribution in [0.25, 0.3) is 5.69 Å². The highest BCUT2D eigenvalue weighted by molar-refractivity contribution is 6.41. The molecule has 0 N–H and O–H groups in total. The highest BCUT2D eigenvalue weighted by Crippen LogP contribution is 2.25. The molecule has 3 rings (SSSR count). The molecule has 3 aromatic rings. The van der Waals surface area contributed by atoms with Crippen molar-refractivity contribution in [1.82, 2.24) is 9.78 Å². The van der Waals surface area contributed by atoms with Crippen molar-refractivity contribution >= 4 is 35.0 Å². The molecule has 31 heavy (non-hydrogen) atoms. The minimum absolute atomic E-state index is 0.0131. The molecule has 0 aliphatic rings. The molecule has 0 aliphatic heterocycles. The summed E-state index contributed by atoms with van der Waals surface area (Å²) < 4.78 is 16.4. The fourth-order valence-electron chi connectivity index (χ4n) is 2.73. The lowest BCUT2D eigenvalue weighted by molar-refractivity contribution is 0.0473. The number of hydrogen-bond donors (Lipinski definition) is 0. The maximum atomic E-state index is 12.7. The first-order valence-corrected chi connectivity index (χ1v) is 9.58. The molecule has 0 fully saturated rings.